The molecule has 1 aromatic carbocycles. The number of nitrogens with one attached hydrogen (secondary N) is 3. The summed E-state index contributed by atoms with van der Waals surface area (Å²) in [5.41, 5.74) is 0.691. The van der Waals surface area contributed by atoms with E-state index in [2.05, 4.69) is 16.0 Å². The Hall–Kier alpha value is -2.24. The second kappa shape index (κ2) is 7.68. The summed E-state index contributed by atoms with van der Waals surface area (Å²) in [6.45, 7) is 0. The highest BCUT2D eigenvalue weighted by Gasteiger charge is 2.26. The molecule has 0 atom stereocenters. The maximum absolute atomic E-state index is 12.0. The van der Waals surface area contributed by atoms with Crippen molar-refractivity contribution in [2.75, 3.05) is 19.5 Å². The van der Waals surface area contributed by atoms with Gasteiger partial charge in [0, 0.05) is 30.8 Å². The van der Waals surface area contributed by atoms with E-state index >= 15 is 0 Å². The molecular weight excluding hydrogens is 282 g/mol. The Morgan fingerprint density at radius 3 is 2.55 bits per heavy atom. The van der Waals surface area contributed by atoms with Gasteiger partial charge in [-0.1, -0.05) is 6.07 Å². The summed E-state index contributed by atoms with van der Waals surface area (Å²) >= 11 is 0. The largest absolute Gasteiger partial charge is 0.497 e. The first-order valence-electron chi connectivity index (χ1n) is 7.55. The molecule has 0 unspecified atom stereocenters. The van der Waals surface area contributed by atoms with Gasteiger partial charge in [0.1, 0.15) is 5.75 Å². The van der Waals surface area contributed by atoms with Crippen molar-refractivity contribution in [3.05, 3.63) is 24.3 Å². The topological polar surface area (TPSA) is 79.5 Å². The van der Waals surface area contributed by atoms with Crippen LogP contribution in [0.3, 0.4) is 0 Å². The molecule has 1 aromatic rings. The fourth-order valence-electron chi connectivity index (χ4n) is 2.76. The smallest absolute Gasteiger partial charge is 0.319 e. The monoisotopic (exact) mass is 305 g/mol. The van der Waals surface area contributed by atoms with E-state index in [4.69, 9.17) is 4.74 Å². The molecule has 1 fully saturated rings. The lowest BCUT2D eigenvalue weighted by atomic mass is 9.85. The molecule has 1 saturated carbocycles. The predicted molar refractivity (Wildman–Crippen MR) is 85.0 cm³/mol. The molecule has 0 bridgehead atoms. The number of urea groups is 1. The number of hydrogen-bond acceptors (Lipinski definition) is 3. The van der Waals surface area contributed by atoms with E-state index in [9.17, 15) is 9.59 Å². The number of anilines is 1. The first-order valence-corrected chi connectivity index (χ1v) is 7.55. The summed E-state index contributed by atoms with van der Waals surface area (Å²) < 4.78 is 5.12. The Morgan fingerprint density at radius 2 is 1.91 bits per heavy atom. The van der Waals surface area contributed by atoms with Crippen molar-refractivity contribution in [1.29, 1.82) is 0 Å². The van der Waals surface area contributed by atoms with Crippen molar-refractivity contribution in [3.63, 3.8) is 0 Å². The summed E-state index contributed by atoms with van der Waals surface area (Å²) in [7, 11) is 3.25. The zero-order chi connectivity index (χ0) is 15.9. The third kappa shape index (κ3) is 4.38. The van der Waals surface area contributed by atoms with Gasteiger partial charge in [0.2, 0.25) is 5.91 Å². The number of ether oxygens (including phenoxy) is 1. The van der Waals surface area contributed by atoms with Crippen LogP contribution in [0.2, 0.25) is 0 Å². The van der Waals surface area contributed by atoms with Crippen LogP contribution in [0.1, 0.15) is 25.7 Å². The van der Waals surface area contributed by atoms with E-state index in [1.165, 1.54) is 0 Å². The van der Waals surface area contributed by atoms with E-state index in [0.29, 0.717) is 11.4 Å². The van der Waals surface area contributed by atoms with Crippen LogP contribution in [-0.4, -0.2) is 32.1 Å². The zero-order valence-electron chi connectivity index (χ0n) is 13.0. The molecule has 3 amide bonds. The Balaban J connectivity index is 1.79. The van der Waals surface area contributed by atoms with E-state index in [1.54, 1.807) is 20.2 Å². The van der Waals surface area contributed by atoms with E-state index in [-0.39, 0.29) is 23.9 Å². The van der Waals surface area contributed by atoms with Crippen LogP contribution in [0.5, 0.6) is 5.75 Å². The quantitative estimate of drug-likeness (QED) is 0.797. The first-order chi connectivity index (χ1) is 10.6. The highest BCUT2D eigenvalue weighted by Crippen LogP contribution is 2.24. The van der Waals surface area contributed by atoms with Crippen LogP contribution in [-0.2, 0) is 4.79 Å². The molecule has 0 aliphatic heterocycles. The molecule has 1 aliphatic rings. The second-order valence-corrected chi connectivity index (χ2v) is 5.49. The van der Waals surface area contributed by atoms with Crippen LogP contribution in [0.15, 0.2) is 24.3 Å². The van der Waals surface area contributed by atoms with Gasteiger partial charge in [-0.2, -0.15) is 0 Å². The van der Waals surface area contributed by atoms with Crippen molar-refractivity contribution in [1.82, 2.24) is 10.6 Å². The van der Waals surface area contributed by atoms with Gasteiger partial charge in [-0.3, -0.25) is 4.79 Å². The van der Waals surface area contributed by atoms with Gasteiger partial charge in [-0.15, -0.1) is 0 Å². The summed E-state index contributed by atoms with van der Waals surface area (Å²) in [5.74, 6) is 0.868. The van der Waals surface area contributed by atoms with Gasteiger partial charge in [-0.05, 0) is 37.8 Å². The van der Waals surface area contributed by atoms with Crippen LogP contribution in [0.25, 0.3) is 0 Å². The number of amides is 3. The average Bonchev–Trinajstić information content (AvgIpc) is 2.55. The van der Waals surface area contributed by atoms with Gasteiger partial charge < -0.3 is 20.7 Å². The SMILES string of the molecule is CNC(=O)C1CCC(NC(=O)Nc2cccc(OC)c2)CC1. The molecule has 1 aliphatic carbocycles. The molecule has 6 nitrogen and oxygen atoms in total. The van der Waals surface area contributed by atoms with Gasteiger partial charge in [0.15, 0.2) is 0 Å². The number of carbonyl (C=O) groups excluding carboxylic acids is 2. The molecule has 0 heterocycles. The van der Waals surface area contributed by atoms with Crippen molar-refractivity contribution in [2.24, 2.45) is 5.92 Å². The molecule has 2 rings (SSSR count). The number of hydrogen-bond donors (Lipinski definition) is 3. The lowest BCUT2D eigenvalue weighted by molar-refractivity contribution is -0.125. The Bertz CT molecular complexity index is 525. The first kappa shape index (κ1) is 16.1. The molecule has 0 spiro atoms. The summed E-state index contributed by atoms with van der Waals surface area (Å²) in [6.07, 6.45) is 3.26. The highest BCUT2D eigenvalue weighted by molar-refractivity contribution is 5.89. The normalized spacial score (nSPS) is 20.8. The van der Waals surface area contributed by atoms with Gasteiger partial charge in [-0.25, -0.2) is 4.79 Å². The fraction of sp³-hybridized carbons (Fsp3) is 0.500. The maximum Gasteiger partial charge on any atom is 0.319 e. The van der Waals surface area contributed by atoms with Crippen molar-refractivity contribution >= 4 is 17.6 Å². The molecule has 0 radical (unpaired) electrons. The predicted octanol–water partition coefficient (Wildman–Crippen LogP) is 2.12. The Kier molecular flexibility index (Phi) is 5.63. The van der Waals surface area contributed by atoms with E-state index < -0.39 is 0 Å². The summed E-state index contributed by atoms with van der Waals surface area (Å²) in [5, 5.41) is 8.44. The standard InChI is InChI=1S/C16H23N3O3/c1-17-15(20)11-6-8-12(9-7-11)18-16(21)19-13-4-3-5-14(10-13)22-2/h3-5,10-12H,6-9H2,1-2H3,(H,17,20)(H2,18,19,21). The fourth-order valence-corrected chi connectivity index (χ4v) is 2.76. The molecule has 22 heavy (non-hydrogen) atoms. The number of benzene rings is 1. The second-order valence-electron chi connectivity index (χ2n) is 5.49. The highest BCUT2D eigenvalue weighted by atomic mass is 16.5. The van der Waals surface area contributed by atoms with Crippen LogP contribution in [0.4, 0.5) is 10.5 Å². The molecule has 6 heteroatoms. The molecule has 3 N–H and O–H groups in total. The third-order valence-corrected chi connectivity index (χ3v) is 4.01. The average molecular weight is 305 g/mol. The molecule has 0 aromatic heterocycles. The lowest BCUT2D eigenvalue weighted by Crippen LogP contribution is -2.42. The van der Waals surface area contributed by atoms with E-state index in [1.807, 2.05) is 18.2 Å². The zero-order valence-corrected chi connectivity index (χ0v) is 13.0. The minimum Gasteiger partial charge on any atom is -0.497 e. The maximum atomic E-state index is 12.0. The Morgan fingerprint density at radius 1 is 1.18 bits per heavy atom. The summed E-state index contributed by atoms with van der Waals surface area (Å²) in [4.78, 5) is 23.6. The van der Waals surface area contributed by atoms with Crippen LogP contribution >= 0.6 is 0 Å². The third-order valence-electron chi connectivity index (χ3n) is 4.01. The van der Waals surface area contributed by atoms with Gasteiger partial charge in [0.05, 0.1) is 7.11 Å². The number of carbonyl (C=O) groups is 2. The number of methoxy groups -OCH3 is 1. The molecule has 0 saturated heterocycles. The van der Waals surface area contributed by atoms with E-state index in [0.717, 1.165) is 25.7 Å². The van der Waals surface area contributed by atoms with Crippen LogP contribution < -0.4 is 20.7 Å². The Labute approximate surface area is 130 Å². The lowest BCUT2D eigenvalue weighted by Gasteiger charge is -2.28. The molecule has 120 valence electrons. The van der Waals surface area contributed by atoms with Crippen molar-refractivity contribution in [2.45, 2.75) is 31.7 Å². The van der Waals surface area contributed by atoms with Crippen molar-refractivity contribution in [3.8, 4) is 5.75 Å². The summed E-state index contributed by atoms with van der Waals surface area (Å²) in [6, 6.07) is 7.11. The van der Waals surface area contributed by atoms with Crippen LogP contribution in [0, 0.1) is 5.92 Å². The minimum absolute atomic E-state index is 0.0736. The number of rotatable bonds is 4. The van der Waals surface area contributed by atoms with Crippen molar-refractivity contribution < 1.29 is 14.3 Å². The molecular formula is C16H23N3O3. The minimum atomic E-state index is -0.225. The van der Waals surface area contributed by atoms with Gasteiger partial charge in [0.25, 0.3) is 0 Å². The van der Waals surface area contributed by atoms with Gasteiger partial charge >= 0.3 is 6.03 Å².